The number of aromatic amines is 1. The molecule has 2 heterocycles. The molecule has 3 nitrogen and oxygen atoms in total. The van der Waals surface area contributed by atoms with E-state index in [1.807, 2.05) is 37.6 Å². The Morgan fingerprint density at radius 3 is 2.65 bits per heavy atom. The van der Waals surface area contributed by atoms with Gasteiger partial charge in [-0.05, 0) is 44.1 Å². The fourth-order valence-electron chi connectivity index (χ4n) is 3.07. The van der Waals surface area contributed by atoms with Crippen LogP contribution in [0.4, 0.5) is 0 Å². The average molecular weight is 326 g/mol. The van der Waals surface area contributed by atoms with Crippen molar-refractivity contribution in [3.8, 4) is 0 Å². The number of thioether (sulfide) groups is 1. The Hall–Kier alpha value is -1.81. The molecular formula is C19H22N2OS. The highest BCUT2D eigenvalue weighted by molar-refractivity contribution is 7.98. The van der Waals surface area contributed by atoms with Crippen molar-refractivity contribution in [3.63, 3.8) is 0 Å². The lowest BCUT2D eigenvalue weighted by molar-refractivity contribution is 0.687. The zero-order chi connectivity index (χ0) is 16.2. The van der Waals surface area contributed by atoms with E-state index in [2.05, 4.69) is 22.1 Å². The summed E-state index contributed by atoms with van der Waals surface area (Å²) in [6.07, 6.45) is 11.3. The minimum Gasteiger partial charge on any atom is -0.322 e. The van der Waals surface area contributed by atoms with Crippen molar-refractivity contribution < 1.29 is 0 Å². The normalized spacial score (nSPS) is 16.0. The summed E-state index contributed by atoms with van der Waals surface area (Å²) < 4.78 is 0. The molecule has 120 valence electrons. The molecule has 0 amide bonds. The maximum absolute atomic E-state index is 12.0. The van der Waals surface area contributed by atoms with Crippen LogP contribution in [0.25, 0.3) is 5.57 Å². The largest absolute Gasteiger partial charge is 0.322 e. The van der Waals surface area contributed by atoms with Crippen LogP contribution in [0.3, 0.4) is 0 Å². The lowest BCUT2D eigenvalue weighted by atomic mass is 9.97. The molecule has 4 heteroatoms. The Morgan fingerprint density at radius 2 is 2.04 bits per heavy atom. The van der Waals surface area contributed by atoms with Crippen LogP contribution in [-0.4, -0.2) is 16.2 Å². The Morgan fingerprint density at radius 1 is 1.26 bits per heavy atom. The van der Waals surface area contributed by atoms with Crippen molar-refractivity contribution in [2.45, 2.75) is 37.6 Å². The fourth-order valence-corrected chi connectivity index (χ4v) is 3.43. The van der Waals surface area contributed by atoms with Gasteiger partial charge in [-0.15, -0.1) is 11.8 Å². The third-order valence-electron chi connectivity index (χ3n) is 4.46. The van der Waals surface area contributed by atoms with Crippen LogP contribution in [0.5, 0.6) is 0 Å². The molecule has 0 atom stereocenters. The van der Waals surface area contributed by atoms with Gasteiger partial charge in [0.1, 0.15) is 0 Å². The Kier molecular flexibility index (Phi) is 5.01. The SMILES string of the molecule is CSc1ccc(C(=CC2CCCC2)c2ccc(C)c(=O)[nH]2)cn1. The third kappa shape index (κ3) is 3.75. The van der Waals surface area contributed by atoms with E-state index in [1.54, 1.807) is 11.8 Å². The molecule has 1 aliphatic carbocycles. The highest BCUT2D eigenvalue weighted by Gasteiger charge is 2.16. The summed E-state index contributed by atoms with van der Waals surface area (Å²) in [4.78, 5) is 19.5. The molecule has 1 N–H and O–H groups in total. The summed E-state index contributed by atoms with van der Waals surface area (Å²) in [5, 5.41) is 1.01. The second kappa shape index (κ2) is 7.18. The molecule has 23 heavy (non-hydrogen) atoms. The Labute approximate surface area is 141 Å². The Bertz CT molecular complexity index is 756. The quantitative estimate of drug-likeness (QED) is 0.846. The second-order valence-corrected chi connectivity index (χ2v) is 6.92. The van der Waals surface area contributed by atoms with Crippen LogP contribution in [0.1, 0.15) is 42.5 Å². The fraction of sp³-hybridized carbons (Fsp3) is 0.368. The van der Waals surface area contributed by atoms with Crippen LogP contribution in [0.15, 0.2) is 46.4 Å². The molecule has 2 aromatic heterocycles. The molecule has 0 aliphatic heterocycles. The molecular weight excluding hydrogens is 304 g/mol. The van der Waals surface area contributed by atoms with Gasteiger partial charge in [-0.2, -0.15) is 0 Å². The summed E-state index contributed by atoms with van der Waals surface area (Å²) in [5.41, 5.74) is 3.76. The minimum atomic E-state index is -0.0199. The molecule has 0 saturated heterocycles. The molecule has 0 spiro atoms. The molecule has 1 aliphatic rings. The van der Waals surface area contributed by atoms with Gasteiger partial charge in [0.25, 0.3) is 5.56 Å². The predicted molar refractivity (Wildman–Crippen MR) is 96.9 cm³/mol. The van der Waals surface area contributed by atoms with Gasteiger partial charge in [-0.3, -0.25) is 4.79 Å². The van der Waals surface area contributed by atoms with E-state index >= 15 is 0 Å². The van der Waals surface area contributed by atoms with Gasteiger partial charge >= 0.3 is 0 Å². The predicted octanol–water partition coefficient (Wildman–Crippen LogP) is 4.42. The highest BCUT2D eigenvalue weighted by Crippen LogP contribution is 2.31. The summed E-state index contributed by atoms with van der Waals surface area (Å²) in [5.74, 6) is 0.593. The maximum Gasteiger partial charge on any atom is 0.251 e. The Balaban J connectivity index is 2.04. The van der Waals surface area contributed by atoms with Gasteiger partial charge in [-0.25, -0.2) is 4.98 Å². The first-order valence-electron chi connectivity index (χ1n) is 8.10. The van der Waals surface area contributed by atoms with Crippen molar-refractivity contribution in [3.05, 3.63) is 63.7 Å². The summed E-state index contributed by atoms with van der Waals surface area (Å²) in [6.45, 7) is 1.83. The number of aryl methyl sites for hydroxylation is 1. The first-order chi connectivity index (χ1) is 11.2. The number of nitrogens with zero attached hydrogens (tertiary/aromatic N) is 1. The van der Waals surface area contributed by atoms with Crippen LogP contribution >= 0.6 is 11.8 Å². The molecule has 3 rings (SSSR count). The van der Waals surface area contributed by atoms with Crippen molar-refractivity contribution in [1.29, 1.82) is 0 Å². The third-order valence-corrected chi connectivity index (χ3v) is 5.11. The van der Waals surface area contributed by atoms with Gasteiger partial charge in [0, 0.05) is 28.6 Å². The van der Waals surface area contributed by atoms with Crippen LogP contribution in [0.2, 0.25) is 0 Å². The monoisotopic (exact) mass is 326 g/mol. The number of hydrogen-bond acceptors (Lipinski definition) is 3. The van der Waals surface area contributed by atoms with E-state index in [-0.39, 0.29) is 5.56 Å². The molecule has 0 unspecified atom stereocenters. The molecule has 1 saturated carbocycles. The van der Waals surface area contributed by atoms with Crippen molar-refractivity contribution >= 4 is 17.3 Å². The van der Waals surface area contributed by atoms with Crippen molar-refractivity contribution in [2.24, 2.45) is 5.92 Å². The first kappa shape index (κ1) is 16.1. The number of nitrogens with one attached hydrogen (secondary N) is 1. The van der Waals surface area contributed by atoms with Gasteiger partial charge in [0.2, 0.25) is 0 Å². The zero-order valence-electron chi connectivity index (χ0n) is 13.6. The number of allylic oxidation sites excluding steroid dienone is 1. The average Bonchev–Trinajstić information content (AvgIpc) is 3.09. The molecule has 2 aromatic rings. The standard InChI is InChI=1S/C19H22N2OS/c1-13-7-9-17(21-19(13)22)16(11-14-5-3-4-6-14)15-8-10-18(23-2)20-12-15/h7-12,14H,3-6H2,1-2H3,(H,21,22). The highest BCUT2D eigenvalue weighted by atomic mass is 32.2. The number of hydrogen-bond donors (Lipinski definition) is 1. The van der Waals surface area contributed by atoms with E-state index in [9.17, 15) is 4.79 Å². The number of H-pyrrole nitrogens is 1. The molecule has 1 fully saturated rings. The van der Waals surface area contributed by atoms with E-state index < -0.39 is 0 Å². The topological polar surface area (TPSA) is 45.8 Å². The van der Waals surface area contributed by atoms with Crippen LogP contribution in [0, 0.1) is 12.8 Å². The van der Waals surface area contributed by atoms with E-state index in [0.29, 0.717) is 5.92 Å². The van der Waals surface area contributed by atoms with E-state index in [4.69, 9.17) is 0 Å². The van der Waals surface area contributed by atoms with Gasteiger partial charge in [0.15, 0.2) is 0 Å². The summed E-state index contributed by atoms with van der Waals surface area (Å²) in [6, 6.07) is 8.02. The van der Waals surface area contributed by atoms with Crippen molar-refractivity contribution in [2.75, 3.05) is 6.26 Å². The minimum absolute atomic E-state index is 0.0199. The van der Waals surface area contributed by atoms with Crippen LogP contribution < -0.4 is 5.56 Å². The number of aromatic nitrogens is 2. The van der Waals surface area contributed by atoms with Gasteiger partial charge in [-0.1, -0.05) is 31.1 Å². The summed E-state index contributed by atoms with van der Waals surface area (Å²) >= 11 is 1.63. The van der Waals surface area contributed by atoms with Gasteiger partial charge < -0.3 is 4.98 Å². The summed E-state index contributed by atoms with van der Waals surface area (Å²) in [7, 11) is 0. The van der Waals surface area contributed by atoms with E-state index in [1.165, 1.54) is 25.7 Å². The molecule has 0 radical (unpaired) electrons. The number of rotatable bonds is 4. The lowest BCUT2D eigenvalue weighted by Crippen LogP contribution is -2.11. The number of pyridine rings is 2. The second-order valence-electron chi connectivity index (χ2n) is 6.10. The van der Waals surface area contributed by atoms with Gasteiger partial charge in [0.05, 0.1) is 5.03 Å². The van der Waals surface area contributed by atoms with Crippen LogP contribution in [-0.2, 0) is 0 Å². The lowest BCUT2D eigenvalue weighted by Gasteiger charge is -2.12. The first-order valence-corrected chi connectivity index (χ1v) is 9.32. The maximum atomic E-state index is 12.0. The smallest absolute Gasteiger partial charge is 0.251 e. The molecule has 0 bridgehead atoms. The zero-order valence-corrected chi connectivity index (χ0v) is 14.5. The van der Waals surface area contributed by atoms with Crippen molar-refractivity contribution in [1.82, 2.24) is 9.97 Å². The van der Waals surface area contributed by atoms with E-state index in [0.717, 1.165) is 27.4 Å². The molecule has 0 aromatic carbocycles.